The van der Waals surface area contributed by atoms with Crippen molar-refractivity contribution in [3.63, 3.8) is 0 Å². The molecule has 0 saturated heterocycles. The molecule has 258 valence electrons. The van der Waals surface area contributed by atoms with E-state index in [4.69, 9.17) is 29.2 Å². The van der Waals surface area contributed by atoms with Crippen molar-refractivity contribution in [2.75, 3.05) is 52.8 Å². The van der Waals surface area contributed by atoms with Crippen LogP contribution in [0.25, 0.3) is 10.4 Å². The summed E-state index contributed by atoms with van der Waals surface area (Å²) in [6, 6.07) is 0. The average Bonchev–Trinajstić information content (AvgIpc) is 2.99. The molecule has 0 aliphatic carbocycles. The molecule has 1 aliphatic rings. The topological polar surface area (TPSA) is 94.9 Å². The molecule has 0 saturated carbocycles. The molecule has 1 heterocycles. The van der Waals surface area contributed by atoms with Gasteiger partial charge in [-0.1, -0.05) is 77.8 Å². The highest BCUT2D eigenvalue weighted by Gasteiger charge is 2.34. The van der Waals surface area contributed by atoms with Gasteiger partial charge in [0.15, 0.2) is 0 Å². The molecule has 8 heteroatoms. The fraction of sp³-hybridized carbons (Fsp3) is 0.838. The molecule has 2 rings (SSSR count). The largest absolute Gasteiger partial charge is 0.491 e. The number of hydrogen-bond donors (Lipinski definition) is 0. The van der Waals surface area contributed by atoms with Crippen LogP contribution in [0, 0.1) is 38.5 Å². The second-order valence-electron chi connectivity index (χ2n) is 14.1. The highest BCUT2D eigenvalue weighted by atomic mass is 16.6. The van der Waals surface area contributed by atoms with Crippen molar-refractivity contribution in [3.05, 3.63) is 32.7 Å². The summed E-state index contributed by atoms with van der Waals surface area (Å²) >= 11 is 0. The maximum Gasteiger partial charge on any atom is 0.127 e. The van der Waals surface area contributed by atoms with Gasteiger partial charge in [-0.3, -0.25) is 0 Å². The van der Waals surface area contributed by atoms with Crippen LogP contribution in [-0.2, 0) is 20.6 Å². The zero-order valence-corrected chi connectivity index (χ0v) is 30.0. The van der Waals surface area contributed by atoms with Crippen molar-refractivity contribution in [2.45, 2.75) is 132 Å². The summed E-state index contributed by atoms with van der Waals surface area (Å²) in [7, 11) is 0. The van der Waals surface area contributed by atoms with Crippen LogP contribution in [0.1, 0.15) is 121 Å². The summed E-state index contributed by atoms with van der Waals surface area (Å²) in [5.74, 6) is 4.54. The number of rotatable bonds is 25. The van der Waals surface area contributed by atoms with E-state index < -0.39 is 0 Å². The van der Waals surface area contributed by atoms with Crippen molar-refractivity contribution < 1.29 is 23.7 Å². The van der Waals surface area contributed by atoms with E-state index in [-0.39, 0.29) is 5.60 Å². The number of azide groups is 1. The normalized spacial score (nSPS) is 17.4. The summed E-state index contributed by atoms with van der Waals surface area (Å²) in [4.78, 5) is 2.69. The molecule has 0 radical (unpaired) electrons. The maximum atomic E-state index is 8.23. The summed E-state index contributed by atoms with van der Waals surface area (Å²) in [5, 5.41) is 3.42. The second-order valence-corrected chi connectivity index (χ2v) is 14.1. The molecular formula is C37H65N3O5. The number of ether oxygens (including phenoxy) is 5. The Hall–Kier alpha value is -1.99. The van der Waals surface area contributed by atoms with Crippen molar-refractivity contribution in [3.8, 4) is 11.5 Å². The van der Waals surface area contributed by atoms with E-state index in [0.717, 1.165) is 54.1 Å². The Morgan fingerprint density at radius 3 is 1.91 bits per heavy atom. The number of nitrogens with zero attached hydrogens (tertiary/aromatic N) is 3. The van der Waals surface area contributed by atoms with E-state index in [1.165, 1.54) is 68.1 Å². The van der Waals surface area contributed by atoms with Gasteiger partial charge in [-0.15, -0.1) is 0 Å². The lowest BCUT2D eigenvalue weighted by molar-refractivity contribution is 0.0104. The Bertz CT molecular complexity index is 1030. The lowest BCUT2D eigenvalue weighted by Crippen LogP contribution is -2.37. The summed E-state index contributed by atoms with van der Waals surface area (Å²) in [5.41, 5.74) is 13.0. The van der Waals surface area contributed by atoms with Gasteiger partial charge >= 0.3 is 0 Å². The summed E-state index contributed by atoms with van der Waals surface area (Å²) in [6.07, 6.45) is 14.0. The van der Waals surface area contributed by atoms with Crippen LogP contribution in [0.5, 0.6) is 11.5 Å². The predicted octanol–water partition coefficient (Wildman–Crippen LogP) is 9.87. The van der Waals surface area contributed by atoms with E-state index in [1.54, 1.807) is 0 Å². The van der Waals surface area contributed by atoms with Crippen LogP contribution in [0.4, 0.5) is 0 Å². The maximum absolute atomic E-state index is 8.23. The van der Waals surface area contributed by atoms with E-state index in [9.17, 15) is 0 Å². The molecule has 0 fully saturated rings. The molecule has 0 N–H and O–H groups in total. The van der Waals surface area contributed by atoms with E-state index in [0.29, 0.717) is 52.8 Å². The van der Waals surface area contributed by atoms with Crippen molar-refractivity contribution in [2.24, 2.45) is 22.9 Å². The highest BCUT2D eigenvalue weighted by Crippen LogP contribution is 2.45. The van der Waals surface area contributed by atoms with Gasteiger partial charge in [0.25, 0.3) is 0 Å². The minimum atomic E-state index is -0.0996. The zero-order valence-electron chi connectivity index (χ0n) is 30.0. The van der Waals surface area contributed by atoms with Gasteiger partial charge < -0.3 is 23.7 Å². The number of fused-ring (bicyclic) bond motifs is 1. The van der Waals surface area contributed by atoms with E-state index >= 15 is 0 Å². The lowest BCUT2D eigenvalue weighted by atomic mass is 9.83. The molecule has 8 nitrogen and oxygen atoms in total. The van der Waals surface area contributed by atoms with Gasteiger partial charge in [-0.25, -0.2) is 0 Å². The molecule has 0 bridgehead atoms. The summed E-state index contributed by atoms with van der Waals surface area (Å²) in [6.45, 7) is 22.1. The summed E-state index contributed by atoms with van der Waals surface area (Å²) < 4.78 is 29.6. The Morgan fingerprint density at radius 2 is 1.31 bits per heavy atom. The first-order chi connectivity index (χ1) is 21.6. The fourth-order valence-electron chi connectivity index (χ4n) is 6.37. The smallest absolute Gasteiger partial charge is 0.127 e. The monoisotopic (exact) mass is 631 g/mol. The minimum absolute atomic E-state index is 0.0996. The average molecular weight is 632 g/mol. The van der Waals surface area contributed by atoms with Crippen LogP contribution in [0.15, 0.2) is 5.11 Å². The van der Waals surface area contributed by atoms with Gasteiger partial charge in [-0.05, 0) is 93.4 Å². The van der Waals surface area contributed by atoms with Gasteiger partial charge in [-0.2, -0.15) is 0 Å². The minimum Gasteiger partial charge on any atom is -0.491 e. The van der Waals surface area contributed by atoms with Gasteiger partial charge in [0.2, 0.25) is 0 Å². The van der Waals surface area contributed by atoms with Crippen LogP contribution < -0.4 is 9.47 Å². The molecule has 3 atom stereocenters. The third-order valence-electron chi connectivity index (χ3n) is 9.46. The zero-order chi connectivity index (χ0) is 33.1. The van der Waals surface area contributed by atoms with Crippen LogP contribution in [-0.4, -0.2) is 58.4 Å². The van der Waals surface area contributed by atoms with Crippen molar-refractivity contribution in [1.82, 2.24) is 0 Å². The second kappa shape index (κ2) is 21.7. The molecule has 0 aromatic heterocycles. The Labute approximate surface area is 274 Å². The lowest BCUT2D eigenvalue weighted by Gasteiger charge is -2.38. The molecule has 3 unspecified atom stereocenters. The van der Waals surface area contributed by atoms with Crippen LogP contribution in [0.3, 0.4) is 0 Å². The fourth-order valence-corrected chi connectivity index (χ4v) is 6.37. The first-order valence-corrected chi connectivity index (χ1v) is 17.8. The van der Waals surface area contributed by atoms with Crippen LogP contribution >= 0.6 is 0 Å². The highest BCUT2D eigenvalue weighted by molar-refractivity contribution is 5.59. The molecule has 1 aromatic rings. The number of hydrogen-bond acceptors (Lipinski definition) is 6. The van der Waals surface area contributed by atoms with Gasteiger partial charge in [0.1, 0.15) is 23.7 Å². The molecular weight excluding hydrogens is 566 g/mol. The Morgan fingerprint density at radius 1 is 0.756 bits per heavy atom. The first-order valence-electron chi connectivity index (χ1n) is 17.8. The molecule has 1 aliphatic heterocycles. The van der Waals surface area contributed by atoms with Crippen molar-refractivity contribution >= 4 is 0 Å². The van der Waals surface area contributed by atoms with E-state index in [2.05, 4.69) is 65.4 Å². The molecule has 1 aromatic carbocycles. The van der Waals surface area contributed by atoms with Gasteiger partial charge in [0.05, 0.1) is 39.6 Å². The third-order valence-corrected chi connectivity index (χ3v) is 9.46. The SMILES string of the molecule is Cc1c(C)c2c(c(C)c1OCCOCCOCCOCCN=[N+]=[N-])CCC(C)(CCCC(C)CCCC(C)CCCC(C)C)O2. The van der Waals surface area contributed by atoms with Crippen molar-refractivity contribution in [1.29, 1.82) is 0 Å². The van der Waals surface area contributed by atoms with E-state index in [1.807, 2.05) is 0 Å². The standard InChI is InChI=1S/C37H65N3O5/c1-28(2)12-9-13-29(3)14-10-15-30(4)16-11-18-37(8)19-17-34-33(7)35(31(5)32(6)36(34)45-37)44-27-26-43-25-24-42-23-22-41-21-20-39-40-38/h28-30H,9-27H2,1-8H3. The predicted molar refractivity (Wildman–Crippen MR) is 185 cm³/mol. The Balaban J connectivity index is 1.70. The molecule has 0 amide bonds. The van der Waals surface area contributed by atoms with Gasteiger partial charge in [0, 0.05) is 17.0 Å². The molecule has 45 heavy (non-hydrogen) atoms. The quantitative estimate of drug-likeness (QED) is 0.0463. The third kappa shape index (κ3) is 15.0. The number of benzene rings is 1. The van der Waals surface area contributed by atoms with Crippen LogP contribution in [0.2, 0.25) is 0 Å². The molecule has 0 spiro atoms. The first kappa shape index (κ1) is 39.2. The Kier molecular flexibility index (Phi) is 18.9.